The molecule has 1 aliphatic heterocycles. The standard InChI is InChI=1S/C26H45N7O8/c1-14(2)19(22(38)41-26(6,7)8)32-20(36)16(12-18(35)40-25(3,4)5)30-17(34)13-33-21(37)15(31-24(33)39)10-9-11-29-23(27)28/h14-16,19H,9-13H2,1-8H3,(H,30,34)(H,31,39)(H,32,36)(H4,27,28,29)/t15-,16-,19-/m0/s1. The molecule has 1 rings (SSSR count). The van der Waals surface area contributed by atoms with Crippen LogP contribution in [0.2, 0.25) is 0 Å². The fourth-order valence-electron chi connectivity index (χ4n) is 3.69. The predicted molar refractivity (Wildman–Crippen MR) is 149 cm³/mol. The first-order valence-corrected chi connectivity index (χ1v) is 13.4. The van der Waals surface area contributed by atoms with Crippen molar-refractivity contribution in [3.05, 3.63) is 0 Å². The Bertz CT molecular complexity index is 1030. The summed E-state index contributed by atoms with van der Waals surface area (Å²) in [7, 11) is 0. The third-order valence-corrected chi connectivity index (χ3v) is 5.42. The van der Waals surface area contributed by atoms with Gasteiger partial charge in [0.1, 0.15) is 35.9 Å². The fraction of sp³-hybridized carbons (Fsp3) is 0.731. The molecule has 1 heterocycles. The van der Waals surface area contributed by atoms with Gasteiger partial charge in [0.25, 0.3) is 5.91 Å². The van der Waals surface area contributed by atoms with E-state index in [9.17, 15) is 28.8 Å². The van der Waals surface area contributed by atoms with Crippen molar-refractivity contribution in [3.8, 4) is 0 Å². The van der Waals surface area contributed by atoms with Crippen molar-refractivity contribution < 1.29 is 38.2 Å². The zero-order valence-electron chi connectivity index (χ0n) is 25.2. The minimum Gasteiger partial charge on any atom is -0.460 e. The van der Waals surface area contributed by atoms with Gasteiger partial charge >= 0.3 is 18.0 Å². The number of rotatable bonds is 13. The molecule has 0 aromatic rings. The van der Waals surface area contributed by atoms with Crippen LogP contribution < -0.4 is 27.4 Å². The van der Waals surface area contributed by atoms with Crippen LogP contribution in [-0.4, -0.2) is 89.0 Å². The topological polar surface area (TPSA) is 225 Å². The largest absolute Gasteiger partial charge is 0.460 e. The summed E-state index contributed by atoms with van der Waals surface area (Å²) >= 11 is 0. The van der Waals surface area contributed by atoms with Crippen LogP contribution in [0.1, 0.15) is 74.7 Å². The smallest absolute Gasteiger partial charge is 0.329 e. The molecule has 1 fully saturated rings. The third-order valence-electron chi connectivity index (χ3n) is 5.42. The van der Waals surface area contributed by atoms with Gasteiger partial charge < -0.3 is 36.9 Å². The molecule has 15 nitrogen and oxygen atoms in total. The molecular weight excluding hydrogens is 538 g/mol. The normalized spacial score (nSPS) is 16.9. The number of nitrogens with one attached hydrogen (secondary N) is 3. The molecule has 0 unspecified atom stereocenters. The van der Waals surface area contributed by atoms with Crippen LogP contribution in [0.4, 0.5) is 4.79 Å². The van der Waals surface area contributed by atoms with Gasteiger partial charge in [-0.15, -0.1) is 0 Å². The molecule has 0 saturated carbocycles. The molecule has 1 aliphatic rings. The van der Waals surface area contributed by atoms with Gasteiger partial charge in [0.05, 0.1) is 6.42 Å². The summed E-state index contributed by atoms with van der Waals surface area (Å²) in [6.07, 6.45) is 0.0767. The first kappa shape index (κ1) is 35.1. The SMILES string of the molecule is CC(C)[C@H](NC(=O)[C@H](CC(=O)OC(C)(C)C)NC(=O)CN1C(=O)N[C@@H](CCCN=C(N)N)C1=O)C(=O)OC(C)(C)C. The number of carbonyl (C=O) groups excluding carboxylic acids is 6. The van der Waals surface area contributed by atoms with Crippen LogP contribution in [0.5, 0.6) is 0 Å². The highest BCUT2D eigenvalue weighted by molar-refractivity contribution is 6.06. The molecule has 232 valence electrons. The molecule has 0 aliphatic carbocycles. The predicted octanol–water partition coefficient (Wildman–Crippen LogP) is -0.340. The number of carbonyl (C=O) groups is 6. The number of hydrogen-bond donors (Lipinski definition) is 5. The van der Waals surface area contributed by atoms with Crippen LogP contribution in [0.15, 0.2) is 4.99 Å². The average molecular weight is 584 g/mol. The molecule has 0 aromatic carbocycles. The second kappa shape index (κ2) is 14.6. The molecule has 0 spiro atoms. The number of aliphatic imine (C=N–C) groups is 1. The average Bonchev–Trinajstić information content (AvgIpc) is 3.04. The van der Waals surface area contributed by atoms with E-state index in [0.717, 1.165) is 0 Å². The van der Waals surface area contributed by atoms with Crippen LogP contribution >= 0.6 is 0 Å². The minimum atomic E-state index is -1.47. The maximum Gasteiger partial charge on any atom is 0.329 e. The van der Waals surface area contributed by atoms with Gasteiger partial charge in [-0.2, -0.15) is 0 Å². The monoisotopic (exact) mass is 583 g/mol. The maximum absolute atomic E-state index is 13.2. The van der Waals surface area contributed by atoms with E-state index in [0.29, 0.717) is 11.3 Å². The van der Waals surface area contributed by atoms with Crippen molar-refractivity contribution in [2.45, 2.75) is 104 Å². The van der Waals surface area contributed by atoms with Gasteiger partial charge in [-0.1, -0.05) is 13.8 Å². The summed E-state index contributed by atoms with van der Waals surface area (Å²) in [5.41, 5.74) is 8.86. The highest BCUT2D eigenvalue weighted by Crippen LogP contribution is 2.15. The van der Waals surface area contributed by atoms with Crippen LogP contribution in [0.25, 0.3) is 0 Å². The van der Waals surface area contributed by atoms with Crippen molar-refractivity contribution in [2.24, 2.45) is 22.4 Å². The molecule has 41 heavy (non-hydrogen) atoms. The summed E-state index contributed by atoms with van der Waals surface area (Å²) in [5, 5.41) is 7.42. The van der Waals surface area contributed by atoms with E-state index in [1.54, 1.807) is 55.4 Å². The van der Waals surface area contributed by atoms with E-state index in [2.05, 4.69) is 20.9 Å². The Morgan fingerprint density at radius 1 is 1.00 bits per heavy atom. The highest BCUT2D eigenvalue weighted by atomic mass is 16.6. The maximum atomic E-state index is 13.2. The second-order valence-corrected chi connectivity index (χ2v) is 12.0. The Labute approximate surface area is 240 Å². The van der Waals surface area contributed by atoms with Gasteiger partial charge in [-0.25, -0.2) is 9.59 Å². The number of imide groups is 1. The van der Waals surface area contributed by atoms with E-state index in [1.807, 2.05) is 0 Å². The molecular formula is C26H45N7O8. The summed E-state index contributed by atoms with van der Waals surface area (Å²) in [6.45, 7) is 12.9. The van der Waals surface area contributed by atoms with Crippen LogP contribution in [0, 0.1) is 5.92 Å². The summed E-state index contributed by atoms with van der Waals surface area (Å²) in [5.74, 6) is -4.31. The Morgan fingerprint density at radius 3 is 2.10 bits per heavy atom. The van der Waals surface area contributed by atoms with Crippen molar-refractivity contribution in [3.63, 3.8) is 0 Å². The number of urea groups is 1. The molecule has 15 heteroatoms. The first-order valence-electron chi connectivity index (χ1n) is 13.4. The molecule has 0 aromatic heterocycles. The molecule has 5 amide bonds. The summed E-state index contributed by atoms with van der Waals surface area (Å²) in [4.78, 5) is 81.1. The zero-order chi connectivity index (χ0) is 31.7. The lowest BCUT2D eigenvalue weighted by atomic mass is 10.0. The van der Waals surface area contributed by atoms with E-state index >= 15 is 0 Å². The fourth-order valence-corrected chi connectivity index (χ4v) is 3.69. The third kappa shape index (κ3) is 12.9. The molecule has 1 saturated heterocycles. The van der Waals surface area contributed by atoms with Crippen molar-refractivity contribution in [1.29, 1.82) is 0 Å². The van der Waals surface area contributed by atoms with Crippen molar-refractivity contribution >= 4 is 41.7 Å². The quantitative estimate of drug-likeness (QED) is 0.0623. The lowest BCUT2D eigenvalue weighted by molar-refractivity contribution is -0.160. The van der Waals surface area contributed by atoms with Gasteiger partial charge in [0.15, 0.2) is 5.96 Å². The lowest BCUT2D eigenvalue weighted by Gasteiger charge is -2.28. The number of nitrogens with zero attached hydrogens (tertiary/aromatic N) is 2. The van der Waals surface area contributed by atoms with E-state index in [4.69, 9.17) is 20.9 Å². The minimum absolute atomic E-state index is 0.0964. The number of nitrogens with two attached hydrogens (primary N) is 2. The molecule has 0 radical (unpaired) electrons. The van der Waals surface area contributed by atoms with Crippen molar-refractivity contribution in [2.75, 3.05) is 13.1 Å². The zero-order valence-corrected chi connectivity index (χ0v) is 25.2. The Hall–Kier alpha value is -3.91. The molecule has 0 bridgehead atoms. The number of esters is 2. The van der Waals surface area contributed by atoms with Gasteiger partial charge in [0.2, 0.25) is 11.8 Å². The lowest BCUT2D eigenvalue weighted by Crippen LogP contribution is -2.56. The second-order valence-electron chi connectivity index (χ2n) is 12.0. The Balaban J connectivity index is 3.01. The number of amides is 5. The Kier molecular flexibility index (Phi) is 12.5. The van der Waals surface area contributed by atoms with Crippen LogP contribution in [-0.2, 0) is 33.4 Å². The van der Waals surface area contributed by atoms with Crippen LogP contribution in [0.3, 0.4) is 0 Å². The van der Waals surface area contributed by atoms with E-state index < -0.39 is 78.0 Å². The van der Waals surface area contributed by atoms with Gasteiger partial charge in [-0.3, -0.25) is 29.1 Å². The number of hydrogen-bond acceptors (Lipinski definition) is 9. The molecule has 7 N–H and O–H groups in total. The molecule has 3 atom stereocenters. The van der Waals surface area contributed by atoms with Gasteiger partial charge in [-0.05, 0) is 60.3 Å². The highest BCUT2D eigenvalue weighted by Gasteiger charge is 2.39. The van der Waals surface area contributed by atoms with E-state index in [1.165, 1.54) is 0 Å². The number of ether oxygens (including phenoxy) is 2. The summed E-state index contributed by atoms with van der Waals surface area (Å²) < 4.78 is 10.7. The van der Waals surface area contributed by atoms with E-state index in [-0.39, 0.29) is 24.8 Å². The Morgan fingerprint density at radius 2 is 1.59 bits per heavy atom. The summed E-state index contributed by atoms with van der Waals surface area (Å²) in [6, 6.07) is -4.21. The number of guanidine groups is 1. The van der Waals surface area contributed by atoms with Gasteiger partial charge in [0, 0.05) is 6.54 Å². The first-order chi connectivity index (χ1) is 18.7. The van der Waals surface area contributed by atoms with Crippen molar-refractivity contribution in [1.82, 2.24) is 20.9 Å².